The van der Waals surface area contributed by atoms with Gasteiger partial charge < -0.3 is 9.90 Å². The topological polar surface area (TPSA) is 84.1 Å². The van der Waals surface area contributed by atoms with E-state index in [1.165, 1.54) is 15.9 Å². The fraction of sp³-hybridized carbons (Fsp3) is 0.417. The molecular formula is C12H11N2O4S-. The van der Waals surface area contributed by atoms with E-state index in [9.17, 15) is 19.5 Å². The van der Waals surface area contributed by atoms with E-state index in [4.69, 9.17) is 0 Å². The maximum Gasteiger partial charge on any atom is 0.332 e. The van der Waals surface area contributed by atoms with Crippen LogP contribution in [0.25, 0.3) is 10.2 Å². The fourth-order valence-electron chi connectivity index (χ4n) is 2.60. The largest absolute Gasteiger partial charge is 0.548 e. The normalized spacial score (nSPS) is 13.9. The number of aromatic nitrogens is 2. The van der Waals surface area contributed by atoms with Crippen LogP contribution in [0.15, 0.2) is 9.59 Å². The quantitative estimate of drug-likeness (QED) is 0.706. The van der Waals surface area contributed by atoms with Gasteiger partial charge in [-0.2, -0.15) is 0 Å². The number of thiophene rings is 1. The molecule has 0 saturated carbocycles. The highest BCUT2D eigenvalue weighted by Gasteiger charge is 2.23. The number of carbonyl (C=O) groups excluding carboxylic acids is 1. The Labute approximate surface area is 111 Å². The Bertz CT molecular complexity index is 812. The molecule has 100 valence electrons. The molecule has 2 heterocycles. The first kappa shape index (κ1) is 12.2. The van der Waals surface area contributed by atoms with E-state index in [0.29, 0.717) is 10.2 Å². The molecule has 3 rings (SSSR count). The second-order valence-electron chi connectivity index (χ2n) is 4.64. The summed E-state index contributed by atoms with van der Waals surface area (Å²) in [5, 5.41) is 11.2. The van der Waals surface area contributed by atoms with Gasteiger partial charge in [-0.05, 0) is 24.8 Å². The van der Waals surface area contributed by atoms with Crippen LogP contribution in [-0.2, 0) is 31.2 Å². The van der Waals surface area contributed by atoms with E-state index in [0.717, 1.165) is 34.3 Å². The van der Waals surface area contributed by atoms with Crippen molar-refractivity contribution in [3.05, 3.63) is 31.3 Å². The van der Waals surface area contributed by atoms with Gasteiger partial charge in [0.15, 0.2) is 0 Å². The van der Waals surface area contributed by atoms with Crippen molar-refractivity contribution in [3.63, 3.8) is 0 Å². The first-order valence-electron chi connectivity index (χ1n) is 5.94. The van der Waals surface area contributed by atoms with E-state index in [-0.39, 0.29) is 0 Å². The SMILES string of the molecule is Cn1c(=O)n(CC(=O)[O-])c(=O)c2c3c(sc21)CCC3. The molecule has 6 nitrogen and oxygen atoms in total. The number of carboxylic acid groups (broad SMARTS) is 1. The van der Waals surface area contributed by atoms with Crippen LogP contribution in [0.5, 0.6) is 0 Å². The highest BCUT2D eigenvalue weighted by atomic mass is 32.1. The zero-order valence-electron chi connectivity index (χ0n) is 10.3. The summed E-state index contributed by atoms with van der Waals surface area (Å²) >= 11 is 1.46. The second-order valence-corrected chi connectivity index (χ2v) is 5.73. The monoisotopic (exact) mass is 279 g/mol. The van der Waals surface area contributed by atoms with Gasteiger partial charge in [-0.15, -0.1) is 11.3 Å². The molecular weight excluding hydrogens is 268 g/mol. The Morgan fingerprint density at radius 3 is 2.79 bits per heavy atom. The molecule has 0 aliphatic heterocycles. The first-order valence-corrected chi connectivity index (χ1v) is 6.76. The summed E-state index contributed by atoms with van der Waals surface area (Å²) in [6, 6.07) is 0. The summed E-state index contributed by atoms with van der Waals surface area (Å²) in [5.41, 5.74) is -0.143. The van der Waals surface area contributed by atoms with Crippen molar-refractivity contribution in [1.82, 2.24) is 9.13 Å². The van der Waals surface area contributed by atoms with Crippen LogP contribution >= 0.6 is 11.3 Å². The summed E-state index contributed by atoms with van der Waals surface area (Å²) in [6.07, 6.45) is 2.73. The highest BCUT2D eigenvalue weighted by molar-refractivity contribution is 7.18. The fourth-order valence-corrected chi connectivity index (χ4v) is 3.94. The summed E-state index contributed by atoms with van der Waals surface area (Å²) in [6.45, 7) is -0.702. The Kier molecular flexibility index (Phi) is 2.60. The predicted octanol–water partition coefficient (Wildman–Crippen LogP) is -1.000. The van der Waals surface area contributed by atoms with Crippen LogP contribution < -0.4 is 16.4 Å². The minimum atomic E-state index is -1.44. The Morgan fingerprint density at radius 1 is 1.37 bits per heavy atom. The number of fused-ring (bicyclic) bond motifs is 3. The van der Waals surface area contributed by atoms with Gasteiger partial charge in [0.05, 0.1) is 17.9 Å². The number of hydrogen-bond acceptors (Lipinski definition) is 5. The van der Waals surface area contributed by atoms with Gasteiger partial charge in [-0.3, -0.25) is 13.9 Å². The summed E-state index contributed by atoms with van der Waals surface area (Å²) in [5.74, 6) is -1.44. The number of carboxylic acids is 1. The number of carbonyl (C=O) groups is 1. The molecule has 7 heteroatoms. The van der Waals surface area contributed by atoms with Crippen LogP contribution in [0.1, 0.15) is 16.9 Å². The van der Waals surface area contributed by atoms with Crippen LogP contribution in [0.3, 0.4) is 0 Å². The molecule has 0 radical (unpaired) electrons. The number of aliphatic carboxylic acids is 1. The van der Waals surface area contributed by atoms with E-state index < -0.39 is 23.8 Å². The number of rotatable bonds is 2. The van der Waals surface area contributed by atoms with Crippen molar-refractivity contribution < 1.29 is 9.90 Å². The zero-order valence-corrected chi connectivity index (χ0v) is 11.1. The van der Waals surface area contributed by atoms with Crippen molar-refractivity contribution in [2.24, 2.45) is 7.05 Å². The van der Waals surface area contributed by atoms with Crippen LogP contribution in [0.4, 0.5) is 0 Å². The Hall–Kier alpha value is -1.89. The maximum atomic E-state index is 12.3. The van der Waals surface area contributed by atoms with Crippen LogP contribution in [0.2, 0.25) is 0 Å². The third-order valence-electron chi connectivity index (χ3n) is 3.47. The van der Waals surface area contributed by atoms with Gasteiger partial charge in [-0.25, -0.2) is 4.79 Å². The minimum absolute atomic E-state index is 0.501. The smallest absolute Gasteiger partial charge is 0.332 e. The van der Waals surface area contributed by atoms with Crippen molar-refractivity contribution in [3.8, 4) is 0 Å². The molecule has 1 aliphatic rings. The van der Waals surface area contributed by atoms with Crippen molar-refractivity contribution >= 4 is 27.5 Å². The lowest BCUT2D eigenvalue weighted by molar-refractivity contribution is -0.306. The standard InChI is InChI=1S/C12H12N2O4S/c1-13-11-9(6-3-2-4-7(6)19-11)10(17)14(12(13)18)5-8(15)16/h2-5H2,1H3,(H,15,16)/p-1. The third-order valence-corrected chi connectivity index (χ3v) is 4.84. The molecule has 0 unspecified atom stereocenters. The third kappa shape index (κ3) is 1.65. The van der Waals surface area contributed by atoms with Crippen molar-refractivity contribution in [1.29, 1.82) is 0 Å². The molecule has 0 spiro atoms. The lowest BCUT2D eigenvalue weighted by Gasteiger charge is -2.09. The van der Waals surface area contributed by atoms with Gasteiger partial charge in [0.2, 0.25) is 0 Å². The van der Waals surface area contributed by atoms with Gasteiger partial charge in [0.25, 0.3) is 5.56 Å². The molecule has 2 aromatic heterocycles. The van der Waals surface area contributed by atoms with Crippen molar-refractivity contribution in [2.75, 3.05) is 0 Å². The molecule has 19 heavy (non-hydrogen) atoms. The number of hydrogen-bond donors (Lipinski definition) is 0. The predicted molar refractivity (Wildman–Crippen MR) is 68.4 cm³/mol. The molecule has 0 atom stereocenters. The van der Waals surface area contributed by atoms with Crippen LogP contribution in [0, 0.1) is 0 Å². The van der Waals surface area contributed by atoms with Crippen molar-refractivity contribution in [2.45, 2.75) is 25.8 Å². The van der Waals surface area contributed by atoms with Gasteiger partial charge in [0.1, 0.15) is 4.83 Å². The molecule has 0 amide bonds. The summed E-state index contributed by atoms with van der Waals surface area (Å²) in [7, 11) is 1.56. The highest BCUT2D eigenvalue weighted by Crippen LogP contribution is 2.34. The average Bonchev–Trinajstić information content (AvgIpc) is 2.91. The van der Waals surface area contributed by atoms with E-state index in [2.05, 4.69) is 0 Å². The molecule has 0 N–H and O–H groups in total. The maximum absolute atomic E-state index is 12.3. The zero-order chi connectivity index (χ0) is 13.7. The first-order chi connectivity index (χ1) is 9.00. The number of nitrogens with zero attached hydrogens (tertiary/aromatic N) is 2. The number of aryl methyl sites for hydroxylation is 3. The van der Waals surface area contributed by atoms with Gasteiger partial charge in [0, 0.05) is 11.9 Å². The summed E-state index contributed by atoms with van der Waals surface area (Å²) in [4.78, 5) is 36.8. The Balaban J connectivity index is 2.44. The molecule has 0 saturated heterocycles. The van der Waals surface area contributed by atoms with Gasteiger partial charge >= 0.3 is 5.69 Å². The van der Waals surface area contributed by atoms with Gasteiger partial charge in [-0.1, -0.05) is 0 Å². The molecule has 0 bridgehead atoms. The minimum Gasteiger partial charge on any atom is -0.548 e. The molecule has 1 aliphatic carbocycles. The second kappa shape index (κ2) is 4.06. The summed E-state index contributed by atoms with van der Waals surface area (Å²) < 4.78 is 2.09. The lowest BCUT2D eigenvalue weighted by atomic mass is 10.2. The molecule has 2 aromatic rings. The van der Waals surface area contributed by atoms with Crippen LogP contribution in [-0.4, -0.2) is 15.1 Å². The van der Waals surface area contributed by atoms with E-state index in [1.54, 1.807) is 7.05 Å². The molecule has 0 fully saturated rings. The van der Waals surface area contributed by atoms with E-state index in [1.807, 2.05) is 0 Å². The lowest BCUT2D eigenvalue weighted by Crippen LogP contribution is -2.43. The van der Waals surface area contributed by atoms with E-state index >= 15 is 0 Å². The Morgan fingerprint density at radius 2 is 2.11 bits per heavy atom. The average molecular weight is 279 g/mol. The molecule has 0 aromatic carbocycles.